The Hall–Kier alpha value is 0.0934. The predicted molar refractivity (Wildman–Crippen MR) is 28.1 cm³/mol. The second-order valence-corrected chi connectivity index (χ2v) is 4.70. The summed E-state index contributed by atoms with van der Waals surface area (Å²) in [5.74, 6) is 0.241. The Balaban J connectivity index is 3.65. The van der Waals surface area contributed by atoms with Crippen LogP contribution < -0.4 is 0 Å². The van der Waals surface area contributed by atoms with Crippen LogP contribution in [-0.4, -0.2) is 24.9 Å². The van der Waals surface area contributed by atoms with Gasteiger partial charge in [-0.25, -0.2) is 0 Å². The summed E-state index contributed by atoms with van der Waals surface area (Å²) in [5.41, 5.74) is 0. The van der Waals surface area contributed by atoms with Gasteiger partial charge in [0, 0.05) is 0 Å². The van der Waals surface area contributed by atoms with E-state index in [2.05, 4.69) is 0 Å². The van der Waals surface area contributed by atoms with E-state index in [0.29, 0.717) is 0 Å². The molecule has 0 rings (SSSR count). The monoisotopic (exact) mass is 164 g/mol. The molecule has 0 spiro atoms. The van der Waals surface area contributed by atoms with E-state index >= 15 is 0 Å². The van der Waals surface area contributed by atoms with Crippen LogP contribution in [0.25, 0.3) is 0 Å². The molecule has 0 aliphatic carbocycles. The number of nitrogens with zero attached hydrogens (tertiary/aromatic N) is 1. The van der Waals surface area contributed by atoms with Crippen molar-refractivity contribution >= 4 is 5.91 Å². The Morgan fingerprint density at radius 3 is 2.00 bits per heavy atom. The van der Waals surface area contributed by atoms with E-state index < -0.39 is 0 Å². The summed E-state index contributed by atoms with van der Waals surface area (Å²) in [7, 11) is 3.57. The Bertz CT molecular complexity index is 80.4. The first-order valence-corrected chi connectivity index (χ1v) is 4.31. The fourth-order valence-electron chi connectivity index (χ4n) is 0.441. The van der Waals surface area contributed by atoms with E-state index in [1.165, 1.54) is 0 Å². The number of hydrogen-bond acceptors (Lipinski definition) is 1. The van der Waals surface area contributed by atoms with Crippen molar-refractivity contribution in [1.29, 1.82) is 0 Å². The second kappa shape index (κ2) is 3.19. The summed E-state index contributed by atoms with van der Waals surface area (Å²) in [5, 5.41) is 0. The summed E-state index contributed by atoms with van der Waals surface area (Å²) in [6, 6.07) is 0. The van der Waals surface area contributed by atoms with Gasteiger partial charge in [0.25, 0.3) is 0 Å². The van der Waals surface area contributed by atoms with E-state index in [9.17, 15) is 4.79 Å². The maximum absolute atomic E-state index is 10.8. The standard InChI is InChI=1S/C5H10NO.Zn/c1-4-5(7)6(2)3;/h4H,1-3H3;. The quantitative estimate of drug-likeness (QED) is 0.516. The molecule has 0 aliphatic rings. The van der Waals surface area contributed by atoms with E-state index in [1.54, 1.807) is 19.0 Å². The first-order chi connectivity index (χ1) is 3.55. The van der Waals surface area contributed by atoms with Crippen molar-refractivity contribution in [2.24, 2.45) is 0 Å². The SMILES string of the molecule is C[CH]([Zn])C(=O)N(C)C. The molecular weight excluding hydrogens is 155 g/mol. The Kier molecular flexibility index (Phi) is 3.22. The average molecular weight is 166 g/mol. The first-order valence-electron chi connectivity index (χ1n) is 2.60. The number of carbonyl (C=O) groups excluding carboxylic acids is 1. The number of hydrogen-bond donors (Lipinski definition) is 0. The van der Waals surface area contributed by atoms with Gasteiger partial charge in [0.1, 0.15) is 0 Å². The third-order valence-corrected chi connectivity index (χ3v) is 1.60. The molecule has 0 fully saturated rings. The van der Waals surface area contributed by atoms with Crippen molar-refractivity contribution < 1.29 is 23.1 Å². The van der Waals surface area contributed by atoms with Crippen molar-refractivity contribution in [3.8, 4) is 0 Å². The molecule has 8 heavy (non-hydrogen) atoms. The molecular formula is C5H10NOZn. The van der Waals surface area contributed by atoms with Crippen LogP contribution in [0.4, 0.5) is 0 Å². The van der Waals surface area contributed by atoms with Crippen LogP contribution in [0.2, 0.25) is 4.51 Å². The first kappa shape index (κ1) is 8.09. The van der Waals surface area contributed by atoms with Crippen LogP contribution in [0, 0.1) is 0 Å². The zero-order valence-electron chi connectivity index (χ0n) is 5.64. The van der Waals surface area contributed by atoms with Crippen LogP contribution in [0.5, 0.6) is 0 Å². The molecule has 0 radical (unpaired) electrons. The van der Waals surface area contributed by atoms with Crippen LogP contribution in [0.1, 0.15) is 6.92 Å². The van der Waals surface area contributed by atoms with Gasteiger partial charge in [-0.3, -0.25) is 0 Å². The molecule has 43 valence electrons. The average Bonchev–Trinajstić information content (AvgIpc) is 1.64. The minimum absolute atomic E-state index is 0.241. The molecule has 0 aromatic carbocycles. The van der Waals surface area contributed by atoms with Gasteiger partial charge in [-0.2, -0.15) is 0 Å². The summed E-state index contributed by atoms with van der Waals surface area (Å²) in [4.78, 5) is 12.4. The van der Waals surface area contributed by atoms with Gasteiger partial charge < -0.3 is 0 Å². The van der Waals surface area contributed by atoms with E-state index in [0.717, 1.165) is 18.3 Å². The van der Waals surface area contributed by atoms with Gasteiger partial charge in [0.2, 0.25) is 0 Å². The summed E-state index contributed by atoms with van der Waals surface area (Å²) >= 11 is 1.05. The third-order valence-electron chi connectivity index (χ3n) is 0.862. The van der Waals surface area contributed by atoms with E-state index in [-0.39, 0.29) is 10.4 Å². The fraction of sp³-hybridized carbons (Fsp3) is 0.800. The Morgan fingerprint density at radius 2 is 2.00 bits per heavy atom. The molecule has 1 atom stereocenters. The maximum atomic E-state index is 10.8. The number of amides is 1. The molecule has 0 heterocycles. The van der Waals surface area contributed by atoms with Gasteiger partial charge in [0.15, 0.2) is 0 Å². The molecule has 0 bridgehead atoms. The van der Waals surface area contributed by atoms with E-state index in [1.807, 2.05) is 6.92 Å². The fourth-order valence-corrected chi connectivity index (χ4v) is 1.21. The molecule has 1 unspecified atom stereocenters. The zero-order valence-corrected chi connectivity index (χ0v) is 8.61. The number of rotatable bonds is 1. The molecule has 3 heteroatoms. The van der Waals surface area contributed by atoms with Gasteiger partial charge in [-0.1, -0.05) is 0 Å². The molecule has 1 amide bonds. The van der Waals surface area contributed by atoms with Crippen molar-refractivity contribution in [3.63, 3.8) is 0 Å². The van der Waals surface area contributed by atoms with Crippen molar-refractivity contribution in [2.75, 3.05) is 14.1 Å². The Labute approximate surface area is 59.9 Å². The molecule has 0 saturated carbocycles. The van der Waals surface area contributed by atoms with Crippen LogP contribution >= 0.6 is 0 Å². The second-order valence-electron chi connectivity index (χ2n) is 2.13. The topological polar surface area (TPSA) is 20.3 Å². The van der Waals surface area contributed by atoms with Crippen LogP contribution in [0.15, 0.2) is 0 Å². The minimum atomic E-state index is 0.241. The van der Waals surface area contributed by atoms with Gasteiger partial charge >= 0.3 is 59.4 Å². The van der Waals surface area contributed by atoms with Crippen molar-refractivity contribution in [1.82, 2.24) is 4.90 Å². The summed E-state index contributed by atoms with van der Waals surface area (Å²) in [6.45, 7) is 1.95. The Morgan fingerprint density at radius 1 is 1.62 bits per heavy atom. The summed E-state index contributed by atoms with van der Waals surface area (Å²) in [6.07, 6.45) is 0. The molecule has 0 saturated heterocycles. The van der Waals surface area contributed by atoms with Gasteiger partial charge in [-0.05, 0) is 0 Å². The van der Waals surface area contributed by atoms with Crippen molar-refractivity contribution in [3.05, 3.63) is 0 Å². The van der Waals surface area contributed by atoms with E-state index in [4.69, 9.17) is 0 Å². The molecule has 0 aromatic heterocycles. The molecule has 0 aliphatic heterocycles. The van der Waals surface area contributed by atoms with Crippen LogP contribution in [0.3, 0.4) is 0 Å². The molecule has 0 aromatic rings. The third kappa shape index (κ3) is 2.41. The molecule has 2 nitrogen and oxygen atoms in total. The van der Waals surface area contributed by atoms with Crippen molar-refractivity contribution in [2.45, 2.75) is 11.4 Å². The molecule has 0 N–H and O–H groups in total. The van der Waals surface area contributed by atoms with Gasteiger partial charge in [-0.15, -0.1) is 0 Å². The normalized spacial score (nSPS) is 13.1. The number of carbonyl (C=O) groups is 1. The van der Waals surface area contributed by atoms with Crippen LogP contribution in [-0.2, 0) is 23.1 Å². The predicted octanol–water partition coefficient (Wildman–Crippen LogP) is 0.430. The van der Waals surface area contributed by atoms with Gasteiger partial charge in [0.05, 0.1) is 0 Å². The summed E-state index contributed by atoms with van der Waals surface area (Å²) < 4.78 is 0.255. The zero-order chi connectivity index (χ0) is 6.73.